The molecule has 0 saturated heterocycles. The van der Waals surface area contributed by atoms with Crippen molar-refractivity contribution in [3.8, 4) is 0 Å². The Morgan fingerprint density at radius 2 is 1.86 bits per heavy atom. The molecule has 0 fully saturated rings. The number of esters is 1. The van der Waals surface area contributed by atoms with Crippen LogP contribution in [0.3, 0.4) is 0 Å². The monoisotopic (exact) mass is 372 g/mol. The van der Waals surface area contributed by atoms with Crippen LogP contribution >= 0.6 is 27.7 Å². The van der Waals surface area contributed by atoms with E-state index in [0.717, 1.165) is 22.4 Å². The molecule has 21 heavy (non-hydrogen) atoms. The average molecular weight is 373 g/mol. The fraction of sp³-hybridized carbons (Fsp3) is 0.500. The fourth-order valence-electron chi connectivity index (χ4n) is 1.85. The maximum Gasteiger partial charge on any atom is 0.306 e. The number of methoxy groups -OCH3 is 1. The standard InChI is InChI=1S/C16H21BrO3S/c1-16(2,11-14(18)20-3)15(19)12-5-7-13(8-6-12)21-10-4-9-17/h5-8H,4,9-11H2,1-3H3. The molecule has 116 valence electrons. The van der Waals surface area contributed by atoms with Gasteiger partial charge in [0.2, 0.25) is 0 Å². The molecule has 0 heterocycles. The summed E-state index contributed by atoms with van der Waals surface area (Å²) in [6.07, 6.45) is 1.20. The minimum atomic E-state index is -0.752. The van der Waals surface area contributed by atoms with Crippen molar-refractivity contribution >= 4 is 39.4 Å². The average Bonchev–Trinajstić information content (AvgIpc) is 2.47. The van der Waals surface area contributed by atoms with Crippen LogP contribution in [0.1, 0.15) is 37.0 Å². The zero-order valence-electron chi connectivity index (χ0n) is 12.6. The number of hydrogen-bond donors (Lipinski definition) is 0. The predicted molar refractivity (Wildman–Crippen MR) is 90.3 cm³/mol. The SMILES string of the molecule is COC(=O)CC(C)(C)C(=O)c1ccc(SCCCBr)cc1. The molecular formula is C16H21BrO3S. The number of benzene rings is 1. The first-order valence-electron chi connectivity index (χ1n) is 6.81. The lowest BCUT2D eigenvalue weighted by molar-refractivity contribution is -0.142. The Hall–Kier alpha value is -0.810. The molecule has 0 atom stereocenters. The molecule has 0 N–H and O–H groups in total. The summed E-state index contributed by atoms with van der Waals surface area (Å²) in [6, 6.07) is 7.58. The summed E-state index contributed by atoms with van der Waals surface area (Å²) < 4.78 is 4.65. The third-order valence-electron chi connectivity index (χ3n) is 3.09. The van der Waals surface area contributed by atoms with Crippen LogP contribution in [0.2, 0.25) is 0 Å². The van der Waals surface area contributed by atoms with Gasteiger partial charge in [0, 0.05) is 21.2 Å². The number of halogens is 1. The van der Waals surface area contributed by atoms with Gasteiger partial charge in [0.15, 0.2) is 5.78 Å². The van der Waals surface area contributed by atoms with E-state index in [9.17, 15) is 9.59 Å². The first-order chi connectivity index (χ1) is 9.90. The van der Waals surface area contributed by atoms with Gasteiger partial charge in [0.1, 0.15) is 0 Å². The van der Waals surface area contributed by atoms with Crippen molar-refractivity contribution in [3.05, 3.63) is 29.8 Å². The van der Waals surface area contributed by atoms with Gasteiger partial charge in [0.25, 0.3) is 0 Å². The minimum absolute atomic E-state index is 0.0371. The summed E-state index contributed by atoms with van der Waals surface area (Å²) in [4.78, 5) is 25.0. The van der Waals surface area contributed by atoms with Crippen LogP contribution in [0.25, 0.3) is 0 Å². The Morgan fingerprint density at radius 1 is 1.24 bits per heavy atom. The molecule has 0 aliphatic heterocycles. The molecule has 0 spiro atoms. The summed E-state index contributed by atoms with van der Waals surface area (Å²) in [7, 11) is 1.34. The number of hydrogen-bond acceptors (Lipinski definition) is 4. The second-order valence-electron chi connectivity index (χ2n) is 5.38. The highest BCUT2D eigenvalue weighted by molar-refractivity contribution is 9.09. The van der Waals surface area contributed by atoms with E-state index in [-0.39, 0.29) is 18.2 Å². The zero-order chi connectivity index (χ0) is 15.9. The molecule has 1 rings (SSSR count). The Balaban J connectivity index is 2.72. The third kappa shape index (κ3) is 5.83. The molecule has 1 aromatic rings. The van der Waals surface area contributed by atoms with Crippen molar-refractivity contribution in [2.45, 2.75) is 31.6 Å². The highest BCUT2D eigenvalue weighted by atomic mass is 79.9. The Labute approximate surface area is 139 Å². The van der Waals surface area contributed by atoms with Crippen molar-refractivity contribution in [1.29, 1.82) is 0 Å². The van der Waals surface area contributed by atoms with E-state index >= 15 is 0 Å². The summed E-state index contributed by atoms with van der Waals surface area (Å²) in [5, 5.41) is 0.998. The van der Waals surface area contributed by atoms with E-state index < -0.39 is 5.41 Å². The van der Waals surface area contributed by atoms with Crippen molar-refractivity contribution < 1.29 is 14.3 Å². The van der Waals surface area contributed by atoms with Gasteiger partial charge >= 0.3 is 5.97 Å². The number of ketones is 1. The second-order valence-corrected chi connectivity index (χ2v) is 7.34. The van der Waals surface area contributed by atoms with Crippen LogP contribution in [0.15, 0.2) is 29.2 Å². The highest BCUT2D eigenvalue weighted by Crippen LogP contribution is 2.28. The maximum atomic E-state index is 12.5. The van der Waals surface area contributed by atoms with Crippen LogP contribution in [-0.2, 0) is 9.53 Å². The third-order valence-corrected chi connectivity index (χ3v) is 4.75. The van der Waals surface area contributed by atoms with Gasteiger partial charge in [-0.05, 0) is 24.3 Å². The van der Waals surface area contributed by atoms with Crippen molar-refractivity contribution in [1.82, 2.24) is 0 Å². The quantitative estimate of drug-likeness (QED) is 0.224. The van der Waals surface area contributed by atoms with Crippen LogP contribution in [0.5, 0.6) is 0 Å². The van der Waals surface area contributed by atoms with Crippen molar-refractivity contribution in [3.63, 3.8) is 0 Å². The second kappa shape index (κ2) is 8.59. The maximum absolute atomic E-state index is 12.5. The van der Waals surface area contributed by atoms with Gasteiger partial charge in [-0.3, -0.25) is 9.59 Å². The van der Waals surface area contributed by atoms with Crippen molar-refractivity contribution in [2.75, 3.05) is 18.2 Å². The fourth-order valence-corrected chi connectivity index (χ4v) is 3.36. The van der Waals surface area contributed by atoms with Crippen LogP contribution < -0.4 is 0 Å². The summed E-state index contributed by atoms with van der Waals surface area (Å²) in [5.41, 5.74) is -0.119. The van der Waals surface area contributed by atoms with Crippen LogP contribution in [-0.4, -0.2) is 29.9 Å². The number of carbonyl (C=O) groups is 2. The number of ether oxygens (including phenoxy) is 1. The highest BCUT2D eigenvalue weighted by Gasteiger charge is 2.31. The number of alkyl halides is 1. The van der Waals surface area contributed by atoms with E-state index in [1.54, 1.807) is 25.6 Å². The molecule has 0 radical (unpaired) electrons. The lowest BCUT2D eigenvalue weighted by Gasteiger charge is -2.21. The topological polar surface area (TPSA) is 43.4 Å². The van der Waals surface area contributed by atoms with Gasteiger partial charge in [-0.25, -0.2) is 0 Å². The number of Topliss-reactive ketones (excluding diaryl/α,β-unsaturated/α-hetero) is 1. The molecule has 0 aromatic heterocycles. The van der Waals surface area contributed by atoms with Crippen LogP contribution in [0, 0.1) is 5.41 Å². The molecule has 0 bridgehead atoms. The Morgan fingerprint density at radius 3 is 2.38 bits per heavy atom. The molecule has 0 aliphatic rings. The molecule has 1 aromatic carbocycles. The van der Waals surface area contributed by atoms with Crippen LogP contribution in [0.4, 0.5) is 0 Å². The number of carbonyl (C=O) groups excluding carboxylic acids is 2. The van der Waals surface area contributed by atoms with E-state index in [0.29, 0.717) is 5.56 Å². The van der Waals surface area contributed by atoms with Gasteiger partial charge in [-0.1, -0.05) is 41.9 Å². The van der Waals surface area contributed by atoms with E-state index in [2.05, 4.69) is 20.7 Å². The lowest BCUT2D eigenvalue weighted by Crippen LogP contribution is -2.28. The molecule has 0 amide bonds. The van der Waals surface area contributed by atoms with Gasteiger partial charge < -0.3 is 4.74 Å². The predicted octanol–water partition coefficient (Wildman–Crippen LogP) is 4.34. The lowest BCUT2D eigenvalue weighted by atomic mass is 9.81. The molecule has 3 nitrogen and oxygen atoms in total. The first kappa shape index (κ1) is 18.2. The molecular weight excluding hydrogens is 352 g/mol. The zero-order valence-corrected chi connectivity index (χ0v) is 15.1. The van der Waals surface area contributed by atoms with Crippen molar-refractivity contribution in [2.24, 2.45) is 5.41 Å². The molecule has 0 unspecified atom stereocenters. The largest absolute Gasteiger partial charge is 0.469 e. The molecule has 5 heteroatoms. The summed E-state index contributed by atoms with van der Waals surface area (Å²) >= 11 is 5.18. The van der Waals surface area contributed by atoms with E-state index in [1.807, 2.05) is 24.3 Å². The van der Waals surface area contributed by atoms with Gasteiger partial charge in [-0.15, -0.1) is 11.8 Å². The normalized spacial score (nSPS) is 11.2. The number of rotatable bonds is 8. The van der Waals surface area contributed by atoms with Gasteiger partial charge in [-0.2, -0.15) is 0 Å². The first-order valence-corrected chi connectivity index (χ1v) is 8.92. The van der Waals surface area contributed by atoms with E-state index in [4.69, 9.17) is 0 Å². The Bertz CT molecular complexity index is 483. The summed E-state index contributed by atoms with van der Waals surface area (Å²) in [5.74, 6) is 0.645. The smallest absolute Gasteiger partial charge is 0.306 e. The summed E-state index contributed by atoms with van der Waals surface area (Å²) in [6.45, 7) is 3.54. The molecule has 0 aliphatic carbocycles. The minimum Gasteiger partial charge on any atom is -0.469 e. The Kier molecular flexibility index (Phi) is 7.46. The molecule has 0 saturated carbocycles. The van der Waals surface area contributed by atoms with Gasteiger partial charge in [0.05, 0.1) is 13.5 Å². The number of thioether (sulfide) groups is 1. The van der Waals surface area contributed by atoms with E-state index in [1.165, 1.54) is 7.11 Å².